The minimum atomic E-state index is -1.41. The van der Waals surface area contributed by atoms with E-state index < -0.39 is 42.4 Å². The Labute approximate surface area is 105 Å². The molecule has 0 spiro atoms. The quantitative estimate of drug-likeness (QED) is 0.487. The molecule has 8 nitrogen and oxygen atoms in total. The van der Waals surface area contributed by atoms with Crippen LogP contribution in [0.2, 0.25) is 5.02 Å². The van der Waals surface area contributed by atoms with Crippen LogP contribution >= 0.6 is 11.6 Å². The molecule has 0 saturated carbocycles. The zero-order chi connectivity index (χ0) is 13.4. The van der Waals surface area contributed by atoms with Crippen LogP contribution in [-0.2, 0) is 4.74 Å². The van der Waals surface area contributed by atoms with Crippen LogP contribution in [0.25, 0.3) is 0 Å². The first-order valence-electron chi connectivity index (χ1n) is 5.09. The number of aromatic amines is 1. The van der Waals surface area contributed by atoms with E-state index in [0.717, 1.165) is 10.8 Å². The Bertz CT molecular complexity index is 555. The molecule has 0 amide bonds. The third-order valence-electron chi connectivity index (χ3n) is 2.72. The van der Waals surface area contributed by atoms with Crippen molar-refractivity contribution in [2.45, 2.75) is 24.5 Å². The highest BCUT2D eigenvalue weighted by Gasteiger charge is 2.43. The number of nitrogens with zero attached hydrogens (tertiary/aromatic N) is 1. The second kappa shape index (κ2) is 4.82. The average Bonchev–Trinajstić information content (AvgIpc) is 2.61. The van der Waals surface area contributed by atoms with Crippen LogP contribution in [0, 0.1) is 0 Å². The van der Waals surface area contributed by atoms with Gasteiger partial charge in [0.15, 0.2) is 6.23 Å². The van der Waals surface area contributed by atoms with E-state index in [1.54, 1.807) is 0 Å². The summed E-state index contributed by atoms with van der Waals surface area (Å²) in [5.41, 5.74) is -1.59. The molecule has 2 unspecified atom stereocenters. The molecule has 1 fully saturated rings. The van der Waals surface area contributed by atoms with Crippen LogP contribution in [0.15, 0.2) is 15.8 Å². The molecule has 1 saturated heterocycles. The number of halogens is 1. The molecule has 2 rings (SSSR count). The second-order valence-electron chi connectivity index (χ2n) is 3.87. The van der Waals surface area contributed by atoms with Gasteiger partial charge in [0.25, 0.3) is 5.56 Å². The van der Waals surface area contributed by atoms with E-state index in [4.69, 9.17) is 21.4 Å². The summed E-state index contributed by atoms with van der Waals surface area (Å²) >= 11 is 5.57. The van der Waals surface area contributed by atoms with E-state index in [1.165, 1.54) is 0 Å². The van der Waals surface area contributed by atoms with Gasteiger partial charge in [-0.2, -0.15) is 0 Å². The number of hydrogen-bond donors (Lipinski definition) is 4. The zero-order valence-electron chi connectivity index (χ0n) is 8.99. The molecule has 100 valence electrons. The Morgan fingerprint density at radius 2 is 2.06 bits per heavy atom. The fourth-order valence-electron chi connectivity index (χ4n) is 1.76. The van der Waals surface area contributed by atoms with Gasteiger partial charge in [0.05, 0.1) is 6.61 Å². The fraction of sp³-hybridized carbons (Fsp3) is 0.556. The van der Waals surface area contributed by atoms with E-state index >= 15 is 0 Å². The zero-order valence-corrected chi connectivity index (χ0v) is 9.74. The normalized spacial score (nSPS) is 31.8. The molecule has 0 aromatic carbocycles. The lowest BCUT2D eigenvalue weighted by Crippen LogP contribution is -2.38. The Morgan fingerprint density at radius 1 is 1.39 bits per heavy atom. The summed E-state index contributed by atoms with van der Waals surface area (Å²) in [6.07, 6.45) is -3.98. The van der Waals surface area contributed by atoms with Gasteiger partial charge >= 0.3 is 5.69 Å². The third-order valence-corrected chi connectivity index (χ3v) is 2.98. The molecule has 1 aromatic rings. The lowest BCUT2D eigenvalue weighted by Gasteiger charge is -2.17. The maximum Gasteiger partial charge on any atom is 0.330 e. The van der Waals surface area contributed by atoms with Gasteiger partial charge < -0.3 is 20.1 Å². The Balaban J connectivity index is 2.42. The lowest BCUT2D eigenvalue weighted by atomic mass is 10.1. The summed E-state index contributed by atoms with van der Waals surface area (Å²) in [6.45, 7) is -0.513. The molecular weight excluding hydrogens is 268 g/mol. The first kappa shape index (κ1) is 13.2. The minimum absolute atomic E-state index is 0.257. The van der Waals surface area contributed by atoms with Crippen molar-refractivity contribution in [2.24, 2.45) is 0 Å². The highest BCUT2D eigenvalue weighted by Crippen LogP contribution is 2.28. The van der Waals surface area contributed by atoms with Crippen LogP contribution in [0.5, 0.6) is 0 Å². The van der Waals surface area contributed by atoms with E-state index in [0.29, 0.717) is 0 Å². The van der Waals surface area contributed by atoms with Crippen molar-refractivity contribution < 1.29 is 20.1 Å². The van der Waals surface area contributed by atoms with Crippen molar-refractivity contribution in [3.63, 3.8) is 0 Å². The number of aliphatic hydroxyl groups is 3. The molecule has 2 heterocycles. The van der Waals surface area contributed by atoms with Gasteiger partial charge in [-0.15, -0.1) is 0 Å². The monoisotopic (exact) mass is 278 g/mol. The third kappa shape index (κ3) is 2.08. The minimum Gasteiger partial charge on any atom is -0.394 e. The van der Waals surface area contributed by atoms with Crippen LogP contribution < -0.4 is 11.2 Å². The number of nitrogens with one attached hydrogen (secondary N) is 1. The van der Waals surface area contributed by atoms with Gasteiger partial charge in [0.1, 0.15) is 23.3 Å². The van der Waals surface area contributed by atoms with Gasteiger partial charge in [0, 0.05) is 6.20 Å². The summed E-state index contributed by atoms with van der Waals surface area (Å²) in [5.74, 6) is 0. The summed E-state index contributed by atoms with van der Waals surface area (Å²) in [5, 5.41) is 27.9. The lowest BCUT2D eigenvalue weighted by molar-refractivity contribution is -0.0550. The first-order valence-corrected chi connectivity index (χ1v) is 5.47. The summed E-state index contributed by atoms with van der Waals surface area (Å²) in [4.78, 5) is 24.6. The molecule has 18 heavy (non-hydrogen) atoms. The number of rotatable bonds is 2. The molecule has 1 aliphatic rings. The molecule has 1 aromatic heterocycles. The smallest absolute Gasteiger partial charge is 0.330 e. The molecule has 4 N–H and O–H groups in total. The summed E-state index contributed by atoms with van der Waals surface area (Å²) in [6, 6.07) is 0. The SMILES string of the molecule is O=c1[nH]c(=O)n([C@H]2O[C@@H](CO)C(O)C2O)cc1Cl. The van der Waals surface area contributed by atoms with Crippen molar-refractivity contribution in [1.82, 2.24) is 9.55 Å². The molecule has 0 aliphatic carbocycles. The van der Waals surface area contributed by atoms with E-state index in [1.807, 2.05) is 4.98 Å². The van der Waals surface area contributed by atoms with Gasteiger partial charge in [-0.25, -0.2) is 4.79 Å². The van der Waals surface area contributed by atoms with E-state index in [9.17, 15) is 19.8 Å². The van der Waals surface area contributed by atoms with Crippen LogP contribution in [0.4, 0.5) is 0 Å². The van der Waals surface area contributed by atoms with Gasteiger partial charge in [-0.3, -0.25) is 14.3 Å². The standard InChI is InChI=1S/C9H11ClN2O6/c10-3-1-12(9(17)11-7(3)16)8-6(15)5(14)4(2-13)18-8/h1,4-6,8,13-15H,2H2,(H,11,16,17)/t4-,5?,6?,8-/m0/s1. The average molecular weight is 279 g/mol. The van der Waals surface area contributed by atoms with Gasteiger partial charge in [0.2, 0.25) is 0 Å². The Kier molecular flexibility index (Phi) is 3.55. The predicted octanol–water partition coefficient (Wildman–Crippen LogP) is -2.20. The molecule has 0 radical (unpaired) electrons. The number of aliphatic hydroxyl groups excluding tert-OH is 3. The van der Waals surface area contributed by atoms with Gasteiger partial charge in [-0.1, -0.05) is 11.6 Å². The fourth-order valence-corrected chi connectivity index (χ4v) is 1.91. The number of hydrogen-bond acceptors (Lipinski definition) is 6. The van der Waals surface area contributed by atoms with E-state index in [-0.39, 0.29) is 5.02 Å². The Hall–Kier alpha value is -1.19. The predicted molar refractivity (Wildman–Crippen MR) is 59.3 cm³/mol. The largest absolute Gasteiger partial charge is 0.394 e. The molecule has 4 atom stereocenters. The van der Waals surface area contributed by atoms with Crippen molar-refractivity contribution >= 4 is 11.6 Å². The van der Waals surface area contributed by atoms with Gasteiger partial charge in [-0.05, 0) is 0 Å². The molecular formula is C9H11ClN2O6. The molecule has 0 bridgehead atoms. The van der Waals surface area contributed by atoms with E-state index in [2.05, 4.69) is 0 Å². The summed E-state index contributed by atoms with van der Waals surface area (Å²) in [7, 11) is 0. The van der Waals surface area contributed by atoms with Crippen LogP contribution in [0.3, 0.4) is 0 Å². The van der Waals surface area contributed by atoms with Crippen molar-refractivity contribution in [3.05, 3.63) is 32.1 Å². The maximum atomic E-state index is 11.5. The van der Waals surface area contributed by atoms with Crippen molar-refractivity contribution in [1.29, 1.82) is 0 Å². The maximum absolute atomic E-state index is 11.5. The number of ether oxygens (including phenoxy) is 1. The van der Waals surface area contributed by atoms with Crippen LogP contribution in [0.1, 0.15) is 6.23 Å². The Morgan fingerprint density at radius 3 is 2.61 bits per heavy atom. The highest BCUT2D eigenvalue weighted by molar-refractivity contribution is 6.30. The second-order valence-corrected chi connectivity index (χ2v) is 4.28. The molecule has 1 aliphatic heterocycles. The van der Waals surface area contributed by atoms with Crippen molar-refractivity contribution in [2.75, 3.05) is 6.61 Å². The topological polar surface area (TPSA) is 125 Å². The van der Waals surface area contributed by atoms with Crippen molar-refractivity contribution in [3.8, 4) is 0 Å². The molecule has 9 heteroatoms. The summed E-state index contributed by atoms with van der Waals surface area (Å²) < 4.78 is 5.98. The number of H-pyrrole nitrogens is 1. The number of aromatic nitrogens is 2. The first-order chi connectivity index (χ1) is 8.45. The van der Waals surface area contributed by atoms with Crippen LogP contribution in [-0.4, -0.2) is 49.8 Å². The highest BCUT2D eigenvalue weighted by atomic mass is 35.5.